The topological polar surface area (TPSA) is 105 Å². The van der Waals surface area contributed by atoms with Gasteiger partial charge in [0.25, 0.3) is 5.91 Å². The van der Waals surface area contributed by atoms with Gasteiger partial charge in [0.05, 0.1) is 5.38 Å². The molecule has 0 unspecified atom stereocenters. The van der Waals surface area contributed by atoms with E-state index in [-0.39, 0.29) is 110 Å². The minimum absolute atomic E-state index is 0. The maximum absolute atomic E-state index is 13.8. The Morgan fingerprint density at radius 2 is 1.73 bits per heavy atom. The van der Waals surface area contributed by atoms with Gasteiger partial charge in [-0.05, 0) is 61.3 Å². The van der Waals surface area contributed by atoms with E-state index in [2.05, 4.69) is 17.6 Å². The second-order valence-corrected chi connectivity index (χ2v) is 11.0. The summed E-state index contributed by atoms with van der Waals surface area (Å²) in [6, 6.07) is 3.83. The molecule has 4 aliphatic rings. The third-order valence-corrected chi connectivity index (χ3v) is 8.37. The van der Waals surface area contributed by atoms with Crippen LogP contribution in [0, 0.1) is 11.8 Å². The zero-order chi connectivity index (χ0) is 24.7. The number of aryl methyl sites for hydroxylation is 1. The quantitative estimate of drug-likeness (QED) is 0.479. The average Bonchev–Trinajstić information content (AvgIpc) is 3.32. The van der Waals surface area contributed by atoms with Crippen LogP contribution < -0.4 is 10.6 Å². The summed E-state index contributed by atoms with van der Waals surface area (Å²) < 4.78 is 5.55. The van der Waals surface area contributed by atoms with Crippen LogP contribution in [-0.2, 0) is 25.5 Å². The van der Waals surface area contributed by atoms with E-state index in [4.69, 9.17) is 16.3 Å². The van der Waals surface area contributed by atoms with Gasteiger partial charge in [0.2, 0.25) is 11.8 Å². The Morgan fingerprint density at radius 1 is 1.05 bits per heavy atom. The van der Waals surface area contributed by atoms with Crippen LogP contribution in [-0.4, -0.2) is 65.1 Å². The fourth-order valence-electron chi connectivity index (χ4n) is 5.94. The van der Waals surface area contributed by atoms with Gasteiger partial charge in [-0.3, -0.25) is 19.2 Å². The number of alkyl halides is 1. The molecule has 0 bridgehead atoms. The molecule has 5 rings (SSSR count). The third kappa shape index (κ3) is 8.23. The molecule has 14 heteroatoms. The Balaban J connectivity index is 0.00000304. The summed E-state index contributed by atoms with van der Waals surface area (Å²) in [4.78, 5) is 53.1. The summed E-state index contributed by atoms with van der Waals surface area (Å²) in [7, 11) is 0. The van der Waals surface area contributed by atoms with Crippen molar-refractivity contribution in [3.05, 3.63) is 29.3 Å². The van der Waals surface area contributed by atoms with Gasteiger partial charge in [-0.15, -0.1) is 11.6 Å². The van der Waals surface area contributed by atoms with E-state index in [1.807, 2.05) is 0 Å². The molecule has 3 aliphatic heterocycles. The maximum Gasteiger partial charge on any atom is 0.251 e. The lowest BCUT2D eigenvalue weighted by molar-refractivity contribution is -0.139. The van der Waals surface area contributed by atoms with Crippen LogP contribution in [0.1, 0.15) is 61.4 Å². The first kappa shape index (κ1) is 39.3. The average molecular weight is 672 g/mol. The number of nitrogens with zero attached hydrogens (tertiary/aromatic N) is 1. The van der Waals surface area contributed by atoms with Gasteiger partial charge < -0.3 is 20.3 Å². The first-order valence-electron chi connectivity index (χ1n) is 12.6. The van der Waals surface area contributed by atoms with Crippen molar-refractivity contribution >= 4 is 108 Å². The molecule has 3 amide bonds. The van der Waals surface area contributed by atoms with E-state index in [9.17, 15) is 19.2 Å². The molecule has 4 atom stereocenters. The molecule has 3 heterocycles. The number of benzene rings is 1. The summed E-state index contributed by atoms with van der Waals surface area (Å²) in [5, 5.41) is 5.46. The van der Waals surface area contributed by atoms with Gasteiger partial charge >= 0.3 is 0 Å². The highest BCUT2D eigenvalue weighted by Crippen LogP contribution is 2.35. The van der Waals surface area contributed by atoms with Crippen molar-refractivity contribution in [3.63, 3.8) is 0 Å². The van der Waals surface area contributed by atoms with Crippen LogP contribution in [0.15, 0.2) is 18.2 Å². The van der Waals surface area contributed by atoms with E-state index in [1.54, 1.807) is 18.2 Å². The molecule has 0 radical (unpaired) electrons. The molecule has 1 saturated carbocycles. The van der Waals surface area contributed by atoms with Crippen LogP contribution in [0.5, 0.6) is 0 Å². The van der Waals surface area contributed by atoms with Gasteiger partial charge in [0.15, 0.2) is 5.78 Å². The lowest BCUT2D eigenvalue weighted by Crippen LogP contribution is -2.55. The second-order valence-electron chi connectivity index (χ2n) is 10.4. The SMILES string of the molecule is CC1CCC([C@H](NC(=O)c2ccc3c(c2)CCCC(=O)N3)C(=O)N2C[C@H](Cl)[C@H]3OCC(=O)[C@H]32)CC1.S.S.S.S.S. The molecule has 1 aromatic rings. The first-order chi connectivity index (χ1) is 16.8. The number of amides is 3. The highest BCUT2D eigenvalue weighted by Gasteiger charge is 2.53. The van der Waals surface area contributed by atoms with E-state index >= 15 is 0 Å². The molecule has 228 valence electrons. The highest BCUT2D eigenvalue weighted by atomic mass is 35.5. The van der Waals surface area contributed by atoms with Crippen molar-refractivity contribution in [2.75, 3.05) is 18.5 Å². The number of nitrogens with one attached hydrogen (secondary N) is 2. The number of carbonyl (C=O) groups is 4. The molecule has 1 aromatic carbocycles. The molecule has 8 nitrogen and oxygen atoms in total. The maximum atomic E-state index is 13.8. The fourth-order valence-corrected chi connectivity index (χ4v) is 6.30. The van der Waals surface area contributed by atoms with Crippen molar-refractivity contribution in [3.8, 4) is 0 Å². The Morgan fingerprint density at radius 3 is 2.40 bits per heavy atom. The van der Waals surface area contributed by atoms with Gasteiger partial charge in [0.1, 0.15) is 24.8 Å². The number of hydrogen-bond acceptors (Lipinski definition) is 5. The van der Waals surface area contributed by atoms with Crippen LogP contribution in [0.25, 0.3) is 0 Å². The third-order valence-electron chi connectivity index (χ3n) is 7.98. The number of ether oxygens (including phenoxy) is 1. The Bertz CT molecular complexity index is 1060. The van der Waals surface area contributed by atoms with E-state index in [1.165, 1.54) is 4.90 Å². The monoisotopic (exact) mass is 671 g/mol. The van der Waals surface area contributed by atoms with Crippen LogP contribution in [0.4, 0.5) is 5.69 Å². The van der Waals surface area contributed by atoms with Crippen molar-refractivity contribution in [2.24, 2.45) is 11.8 Å². The lowest BCUT2D eigenvalue weighted by Gasteiger charge is -2.35. The molecule has 2 saturated heterocycles. The number of anilines is 1. The summed E-state index contributed by atoms with van der Waals surface area (Å²) in [6.45, 7) is 2.40. The number of halogens is 1. The number of likely N-dealkylation sites (tertiary alicyclic amines) is 1. The summed E-state index contributed by atoms with van der Waals surface area (Å²) in [6.07, 6.45) is 5.05. The van der Waals surface area contributed by atoms with Crippen LogP contribution in [0.2, 0.25) is 0 Å². The minimum Gasteiger partial charge on any atom is -0.366 e. The number of fused-ring (bicyclic) bond motifs is 2. The Hall–Kier alpha value is -0.700. The predicted octanol–water partition coefficient (Wildman–Crippen LogP) is 3.24. The van der Waals surface area contributed by atoms with Gasteiger partial charge in [-0.1, -0.05) is 19.8 Å². The Kier molecular flexibility index (Phi) is 16.5. The molecule has 40 heavy (non-hydrogen) atoms. The van der Waals surface area contributed by atoms with Crippen LogP contribution in [0.3, 0.4) is 0 Å². The standard InChI is InChI=1S/C26H32ClN3O5.5H2S/c1-14-5-7-15(8-6-14)22(26(34)30-12-18(27)24-23(30)20(31)13-35-24)29-25(33)17-9-10-19-16(11-17)3-2-4-21(32)28-19;;;;;/h9-11,14-15,18,22-24H,2-8,12-13H2,1H3,(H,28,32)(H,29,33);5*1H2/t14?,15?,18-,22-,23+,24+;;;;;/m0...../s1. The molecule has 2 N–H and O–H groups in total. The zero-order valence-electron chi connectivity index (χ0n) is 22.4. The van der Waals surface area contributed by atoms with E-state index < -0.39 is 23.6 Å². The number of Topliss-reactive ketones (excluding diaryl/α,β-unsaturated/α-hetero) is 1. The van der Waals surface area contributed by atoms with Crippen molar-refractivity contribution < 1.29 is 23.9 Å². The van der Waals surface area contributed by atoms with Crippen molar-refractivity contribution in [2.45, 2.75) is 75.4 Å². The number of carbonyl (C=O) groups excluding carboxylic acids is 4. The fraction of sp³-hybridized carbons (Fsp3) is 0.615. The Labute approximate surface area is 276 Å². The number of ketones is 1. The summed E-state index contributed by atoms with van der Waals surface area (Å²) in [5.41, 5.74) is 2.10. The minimum atomic E-state index is -0.732. The second kappa shape index (κ2) is 16.8. The molecule has 3 fully saturated rings. The van der Waals surface area contributed by atoms with Crippen molar-refractivity contribution in [1.29, 1.82) is 0 Å². The largest absolute Gasteiger partial charge is 0.366 e. The predicted molar refractivity (Wildman–Crippen MR) is 182 cm³/mol. The summed E-state index contributed by atoms with van der Waals surface area (Å²) in [5.74, 6) is -0.158. The van der Waals surface area contributed by atoms with Gasteiger partial charge in [-0.2, -0.15) is 67.5 Å². The zero-order valence-corrected chi connectivity index (χ0v) is 28.2. The molecular weight excluding hydrogens is 630 g/mol. The van der Waals surface area contributed by atoms with E-state index in [0.29, 0.717) is 24.3 Å². The van der Waals surface area contributed by atoms with Gasteiger partial charge in [-0.25, -0.2) is 0 Å². The van der Waals surface area contributed by atoms with Crippen LogP contribution >= 0.6 is 79.1 Å². The smallest absolute Gasteiger partial charge is 0.251 e. The van der Waals surface area contributed by atoms with Crippen molar-refractivity contribution in [1.82, 2.24) is 10.2 Å². The highest BCUT2D eigenvalue weighted by molar-refractivity contribution is 7.60. The number of hydrogen-bond donors (Lipinski definition) is 2. The molecular formula is C26H42ClN3O5S5. The first-order valence-corrected chi connectivity index (χ1v) is 13.1. The van der Waals surface area contributed by atoms with E-state index in [0.717, 1.165) is 43.4 Å². The lowest BCUT2D eigenvalue weighted by atomic mass is 9.78. The summed E-state index contributed by atoms with van der Waals surface area (Å²) >= 11 is 6.43. The molecule has 1 aliphatic carbocycles. The number of rotatable bonds is 4. The molecule has 0 spiro atoms. The molecule has 0 aromatic heterocycles. The normalized spacial score (nSPS) is 27.4. The van der Waals surface area contributed by atoms with Gasteiger partial charge in [0, 0.05) is 24.2 Å².